The Morgan fingerprint density at radius 1 is 1.29 bits per heavy atom. The minimum atomic E-state index is -0.968. The van der Waals surface area contributed by atoms with Crippen molar-refractivity contribution < 1.29 is 14.7 Å². The zero-order chi connectivity index (χ0) is 17.5. The zero-order valence-electron chi connectivity index (χ0n) is 14.7. The van der Waals surface area contributed by atoms with Crippen molar-refractivity contribution in [3.05, 3.63) is 11.6 Å². The van der Waals surface area contributed by atoms with Gasteiger partial charge in [0.15, 0.2) is 5.82 Å². The van der Waals surface area contributed by atoms with Crippen LogP contribution in [0.4, 0.5) is 0 Å². The van der Waals surface area contributed by atoms with Gasteiger partial charge in [0.2, 0.25) is 5.91 Å². The Balaban J connectivity index is 1.78. The highest BCUT2D eigenvalue weighted by Crippen LogP contribution is 2.42. The predicted molar refractivity (Wildman–Crippen MR) is 87.1 cm³/mol. The smallest absolute Gasteiger partial charge is 0.328 e. The number of aliphatic carboxylic acids is 1. The molecule has 1 aromatic rings. The quantitative estimate of drug-likeness (QED) is 0.913. The molecule has 0 spiro atoms. The fraction of sp³-hybridized carbons (Fsp3) is 0.765. The van der Waals surface area contributed by atoms with Crippen molar-refractivity contribution >= 4 is 11.9 Å². The molecule has 7 heteroatoms. The molecule has 2 heterocycles. The maximum atomic E-state index is 12.9. The number of nitrogens with zero attached hydrogens (tertiary/aromatic N) is 4. The number of carbonyl (C=O) groups is 2. The minimum absolute atomic E-state index is 0.0747. The standard InChI is InChI=1S/C17H26N4O3/c1-11-18-19-14-10-21(13(16(23)24)9-20(11)14)15(22)8-12-6-4-5-7-17(12,2)3/h12-13H,4-10H2,1-3H3,(H,23,24). The molecule has 1 N–H and O–H groups in total. The summed E-state index contributed by atoms with van der Waals surface area (Å²) >= 11 is 0. The molecule has 3 rings (SSSR count). The first-order valence-corrected chi connectivity index (χ1v) is 8.70. The van der Waals surface area contributed by atoms with E-state index in [2.05, 4.69) is 24.0 Å². The SMILES string of the molecule is Cc1nnc2n1CC(C(=O)O)N(C(=O)CC1CCCCC1(C)C)C2. The molecule has 0 saturated heterocycles. The molecule has 1 aliphatic heterocycles. The Morgan fingerprint density at radius 2 is 2.04 bits per heavy atom. The molecule has 1 aromatic heterocycles. The molecule has 2 unspecified atom stereocenters. The average Bonchev–Trinajstić information content (AvgIpc) is 2.88. The van der Waals surface area contributed by atoms with Crippen molar-refractivity contribution in [1.82, 2.24) is 19.7 Å². The van der Waals surface area contributed by atoms with Crippen molar-refractivity contribution in [1.29, 1.82) is 0 Å². The number of amides is 1. The summed E-state index contributed by atoms with van der Waals surface area (Å²) in [5, 5.41) is 17.7. The second-order valence-electron chi connectivity index (χ2n) is 7.79. The summed E-state index contributed by atoms with van der Waals surface area (Å²) in [7, 11) is 0. The molecule has 2 aliphatic rings. The van der Waals surface area contributed by atoms with Gasteiger partial charge in [0.25, 0.3) is 0 Å². The molecule has 1 aliphatic carbocycles. The van der Waals surface area contributed by atoms with E-state index >= 15 is 0 Å². The predicted octanol–water partition coefficient (Wildman–Crippen LogP) is 1.99. The molecule has 0 radical (unpaired) electrons. The van der Waals surface area contributed by atoms with Crippen LogP contribution in [0.25, 0.3) is 0 Å². The molecular formula is C17H26N4O3. The first kappa shape index (κ1) is 16.9. The Kier molecular flexibility index (Phi) is 4.36. The molecular weight excluding hydrogens is 308 g/mol. The van der Waals surface area contributed by atoms with E-state index in [9.17, 15) is 14.7 Å². The molecule has 1 fully saturated rings. The summed E-state index contributed by atoms with van der Waals surface area (Å²) < 4.78 is 1.80. The lowest BCUT2D eigenvalue weighted by atomic mass is 9.67. The summed E-state index contributed by atoms with van der Waals surface area (Å²) in [6.07, 6.45) is 4.95. The number of carboxylic acid groups (broad SMARTS) is 1. The fourth-order valence-electron chi connectivity index (χ4n) is 4.06. The van der Waals surface area contributed by atoms with E-state index < -0.39 is 12.0 Å². The second-order valence-corrected chi connectivity index (χ2v) is 7.79. The highest BCUT2D eigenvalue weighted by Gasteiger charge is 2.39. The van der Waals surface area contributed by atoms with Crippen LogP contribution in [0.5, 0.6) is 0 Å². The molecule has 0 aromatic carbocycles. The van der Waals surface area contributed by atoms with Gasteiger partial charge < -0.3 is 14.6 Å². The Hall–Kier alpha value is -1.92. The summed E-state index contributed by atoms with van der Waals surface area (Å²) in [5.41, 5.74) is 0.138. The van der Waals surface area contributed by atoms with Crippen LogP contribution in [-0.4, -0.2) is 42.7 Å². The van der Waals surface area contributed by atoms with Gasteiger partial charge >= 0.3 is 5.97 Å². The highest BCUT2D eigenvalue weighted by atomic mass is 16.4. The first-order chi connectivity index (χ1) is 11.3. The van der Waals surface area contributed by atoms with Gasteiger partial charge in [-0.25, -0.2) is 4.79 Å². The Morgan fingerprint density at radius 3 is 2.71 bits per heavy atom. The molecule has 7 nitrogen and oxygen atoms in total. The summed E-state index contributed by atoms with van der Waals surface area (Å²) in [6, 6.07) is -0.841. The van der Waals surface area contributed by atoms with E-state index in [-0.39, 0.29) is 24.4 Å². The van der Waals surface area contributed by atoms with Gasteiger partial charge in [-0.3, -0.25) is 4.79 Å². The molecule has 1 saturated carbocycles. The van der Waals surface area contributed by atoms with Crippen LogP contribution in [0.1, 0.15) is 57.6 Å². The van der Waals surface area contributed by atoms with Crippen LogP contribution >= 0.6 is 0 Å². The van der Waals surface area contributed by atoms with Crippen LogP contribution in [0.3, 0.4) is 0 Å². The van der Waals surface area contributed by atoms with E-state index in [1.54, 1.807) is 11.5 Å². The molecule has 24 heavy (non-hydrogen) atoms. The number of carboxylic acids is 1. The largest absolute Gasteiger partial charge is 0.480 e. The normalized spacial score (nSPS) is 26.0. The van der Waals surface area contributed by atoms with Crippen molar-refractivity contribution in [2.45, 2.75) is 72.0 Å². The van der Waals surface area contributed by atoms with E-state index in [1.807, 2.05) is 0 Å². The molecule has 1 amide bonds. The van der Waals surface area contributed by atoms with Gasteiger partial charge in [-0.2, -0.15) is 0 Å². The lowest BCUT2D eigenvalue weighted by Gasteiger charge is -2.40. The van der Waals surface area contributed by atoms with Crippen molar-refractivity contribution in [2.75, 3.05) is 0 Å². The van der Waals surface area contributed by atoms with E-state index in [4.69, 9.17) is 0 Å². The fourth-order valence-corrected chi connectivity index (χ4v) is 4.06. The van der Waals surface area contributed by atoms with Crippen molar-refractivity contribution in [2.24, 2.45) is 11.3 Å². The summed E-state index contributed by atoms with van der Waals surface area (Å²) in [6.45, 7) is 6.69. The van der Waals surface area contributed by atoms with Crippen LogP contribution < -0.4 is 0 Å². The zero-order valence-corrected chi connectivity index (χ0v) is 14.7. The van der Waals surface area contributed by atoms with Crippen LogP contribution in [0, 0.1) is 18.3 Å². The monoisotopic (exact) mass is 334 g/mol. The van der Waals surface area contributed by atoms with Gasteiger partial charge in [-0.15, -0.1) is 10.2 Å². The summed E-state index contributed by atoms with van der Waals surface area (Å²) in [4.78, 5) is 26.1. The second kappa shape index (κ2) is 6.18. The number of carbonyl (C=O) groups excluding carboxylic acids is 1. The van der Waals surface area contributed by atoms with E-state index in [1.165, 1.54) is 11.3 Å². The number of fused-ring (bicyclic) bond motifs is 1. The van der Waals surface area contributed by atoms with Gasteiger partial charge in [0, 0.05) is 6.42 Å². The van der Waals surface area contributed by atoms with Crippen molar-refractivity contribution in [3.8, 4) is 0 Å². The Bertz CT molecular complexity index is 652. The molecule has 2 atom stereocenters. The molecule has 132 valence electrons. The van der Waals surface area contributed by atoms with Crippen LogP contribution in [0.2, 0.25) is 0 Å². The third-order valence-corrected chi connectivity index (χ3v) is 5.81. The number of hydrogen-bond donors (Lipinski definition) is 1. The van der Waals surface area contributed by atoms with E-state index in [0.29, 0.717) is 24.0 Å². The van der Waals surface area contributed by atoms with Crippen LogP contribution in [-0.2, 0) is 22.7 Å². The highest BCUT2D eigenvalue weighted by molar-refractivity contribution is 5.84. The van der Waals surface area contributed by atoms with Crippen LogP contribution in [0.15, 0.2) is 0 Å². The average molecular weight is 334 g/mol. The number of aryl methyl sites for hydroxylation is 1. The maximum Gasteiger partial charge on any atom is 0.328 e. The lowest BCUT2D eigenvalue weighted by molar-refractivity contribution is -0.153. The minimum Gasteiger partial charge on any atom is -0.480 e. The van der Waals surface area contributed by atoms with Crippen molar-refractivity contribution in [3.63, 3.8) is 0 Å². The van der Waals surface area contributed by atoms with Gasteiger partial charge in [0.05, 0.1) is 13.1 Å². The van der Waals surface area contributed by atoms with Gasteiger partial charge in [0.1, 0.15) is 11.9 Å². The number of rotatable bonds is 3. The topological polar surface area (TPSA) is 88.3 Å². The Labute approximate surface area is 142 Å². The van der Waals surface area contributed by atoms with E-state index in [0.717, 1.165) is 19.3 Å². The van der Waals surface area contributed by atoms with Gasteiger partial charge in [-0.1, -0.05) is 26.7 Å². The summed E-state index contributed by atoms with van der Waals surface area (Å²) in [5.74, 6) is 0.632. The maximum absolute atomic E-state index is 12.9. The third-order valence-electron chi connectivity index (χ3n) is 5.81. The first-order valence-electron chi connectivity index (χ1n) is 8.70. The number of aromatic nitrogens is 3. The third kappa shape index (κ3) is 3.03. The number of hydrogen-bond acceptors (Lipinski definition) is 4. The molecule has 0 bridgehead atoms. The van der Waals surface area contributed by atoms with Gasteiger partial charge in [-0.05, 0) is 31.1 Å². The lowest BCUT2D eigenvalue weighted by Crippen LogP contribution is -2.51.